The predicted molar refractivity (Wildman–Crippen MR) is 83.7 cm³/mol. The predicted octanol–water partition coefficient (Wildman–Crippen LogP) is 2.67. The maximum Gasteiger partial charge on any atom is 0.238 e. The molecule has 0 aliphatic heterocycles. The van der Waals surface area contributed by atoms with E-state index in [2.05, 4.69) is 26.6 Å². The lowest BCUT2D eigenvalue weighted by Crippen LogP contribution is -2.42. The molecule has 1 aliphatic carbocycles. The lowest BCUT2D eigenvalue weighted by atomic mass is 10.1. The fraction of sp³-hybridized carbons (Fsp3) is 0.533. The minimum absolute atomic E-state index is 0.0301. The van der Waals surface area contributed by atoms with Crippen molar-refractivity contribution < 1.29 is 9.90 Å². The number of halogens is 1. The molecule has 3 N–H and O–H groups in total. The van der Waals surface area contributed by atoms with Gasteiger partial charge in [0.2, 0.25) is 5.91 Å². The number of para-hydroxylation sites is 1. The Kier molecular flexibility index (Phi) is 6.01. The molecule has 1 saturated carbocycles. The molecule has 0 bridgehead atoms. The molecule has 20 heavy (non-hydrogen) atoms. The monoisotopic (exact) mass is 340 g/mol. The Morgan fingerprint density at radius 2 is 2.00 bits per heavy atom. The maximum atomic E-state index is 11.9. The van der Waals surface area contributed by atoms with Crippen LogP contribution in [0.15, 0.2) is 28.7 Å². The molecule has 1 amide bonds. The Labute approximate surface area is 128 Å². The van der Waals surface area contributed by atoms with Crippen molar-refractivity contribution in [2.45, 2.75) is 44.2 Å². The number of hydrogen-bond acceptors (Lipinski definition) is 3. The van der Waals surface area contributed by atoms with Gasteiger partial charge in [-0.05, 0) is 40.9 Å². The fourth-order valence-corrected chi connectivity index (χ4v) is 2.89. The summed E-state index contributed by atoms with van der Waals surface area (Å²) >= 11 is 3.40. The van der Waals surface area contributed by atoms with Crippen LogP contribution in [0.5, 0.6) is 0 Å². The number of rotatable bonds is 4. The molecule has 0 radical (unpaired) electrons. The summed E-state index contributed by atoms with van der Waals surface area (Å²) in [6.07, 6.45) is 4.77. The molecule has 1 aromatic carbocycles. The van der Waals surface area contributed by atoms with Crippen molar-refractivity contribution in [1.29, 1.82) is 0 Å². The number of carbonyl (C=O) groups is 1. The highest BCUT2D eigenvalue weighted by Gasteiger charge is 2.21. The molecule has 0 spiro atoms. The number of benzene rings is 1. The normalized spacial score (nSPS) is 23.1. The van der Waals surface area contributed by atoms with Crippen molar-refractivity contribution >= 4 is 27.5 Å². The standard InChI is InChI=1S/C15H21BrN2O2/c16-11-6-4-5-7-12(11)18-15(20)10-17-13-8-2-1-3-9-14(13)19/h4-7,13-14,17,19H,1-3,8-10H2,(H,18,20). The molecular weight excluding hydrogens is 320 g/mol. The van der Waals surface area contributed by atoms with Crippen LogP contribution in [-0.4, -0.2) is 29.7 Å². The van der Waals surface area contributed by atoms with Gasteiger partial charge in [-0.25, -0.2) is 0 Å². The van der Waals surface area contributed by atoms with E-state index in [1.165, 1.54) is 6.42 Å². The summed E-state index contributed by atoms with van der Waals surface area (Å²) in [5, 5.41) is 16.0. The minimum atomic E-state index is -0.339. The van der Waals surface area contributed by atoms with Crippen LogP contribution in [0.1, 0.15) is 32.1 Å². The Bertz CT molecular complexity index is 453. The lowest BCUT2D eigenvalue weighted by molar-refractivity contribution is -0.115. The first-order valence-electron chi connectivity index (χ1n) is 7.12. The maximum absolute atomic E-state index is 11.9. The summed E-state index contributed by atoms with van der Waals surface area (Å²) in [5.41, 5.74) is 0.765. The summed E-state index contributed by atoms with van der Waals surface area (Å²) in [6.45, 7) is 0.225. The highest BCUT2D eigenvalue weighted by atomic mass is 79.9. The molecule has 4 nitrogen and oxygen atoms in total. The van der Waals surface area contributed by atoms with E-state index in [4.69, 9.17) is 0 Å². The van der Waals surface area contributed by atoms with Gasteiger partial charge in [-0.2, -0.15) is 0 Å². The number of carbonyl (C=O) groups excluding carboxylic acids is 1. The van der Waals surface area contributed by atoms with Crippen LogP contribution < -0.4 is 10.6 Å². The van der Waals surface area contributed by atoms with Crippen molar-refractivity contribution in [2.75, 3.05) is 11.9 Å². The molecule has 2 unspecified atom stereocenters. The van der Waals surface area contributed by atoms with Gasteiger partial charge in [0.1, 0.15) is 0 Å². The fourth-order valence-electron chi connectivity index (χ4n) is 2.51. The molecule has 0 saturated heterocycles. The molecule has 1 aromatic rings. The number of anilines is 1. The van der Waals surface area contributed by atoms with Gasteiger partial charge < -0.3 is 15.7 Å². The quantitative estimate of drug-likeness (QED) is 0.738. The topological polar surface area (TPSA) is 61.4 Å². The second kappa shape index (κ2) is 7.76. The van der Waals surface area contributed by atoms with E-state index in [1.807, 2.05) is 24.3 Å². The zero-order valence-electron chi connectivity index (χ0n) is 11.4. The van der Waals surface area contributed by atoms with E-state index < -0.39 is 0 Å². The largest absolute Gasteiger partial charge is 0.392 e. The van der Waals surface area contributed by atoms with Gasteiger partial charge in [-0.1, -0.05) is 31.4 Å². The first kappa shape index (κ1) is 15.5. The summed E-state index contributed by atoms with van der Waals surface area (Å²) in [5.74, 6) is -0.0895. The first-order valence-corrected chi connectivity index (χ1v) is 7.92. The highest BCUT2D eigenvalue weighted by Crippen LogP contribution is 2.21. The van der Waals surface area contributed by atoms with Gasteiger partial charge >= 0.3 is 0 Å². The third-order valence-corrected chi connectivity index (χ3v) is 4.34. The van der Waals surface area contributed by atoms with Gasteiger partial charge in [-0.3, -0.25) is 4.79 Å². The molecule has 1 aliphatic rings. The third kappa shape index (κ3) is 4.58. The summed E-state index contributed by atoms with van der Waals surface area (Å²) in [7, 11) is 0. The van der Waals surface area contributed by atoms with Crippen LogP contribution in [0.25, 0.3) is 0 Å². The van der Waals surface area contributed by atoms with Crippen molar-refractivity contribution in [3.63, 3.8) is 0 Å². The van der Waals surface area contributed by atoms with E-state index in [-0.39, 0.29) is 24.6 Å². The van der Waals surface area contributed by atoms with Gasteiger partial charge in [0.05, 0.1) is 18.3 Å². The summed E-state index contributed by atoms with van der Waals surface area (Å²) in [4.78, 5) is 11.9. The molecule has 2 atom stereocenters. The van der Waals surface area contributed by atoms with Gasteiger partial charge in [-0.15, -0.1) is 0 Å². The number of hydrogen-bond donors (Lipinski definition) is 3. The number of nitrogens with one attached hydrogen (secondary N) is 2. The second-order valence-electron chi connectivity index (χ2n) is 5.22. The van der Waals surface area contributed by atoms with Crippen LogP contribution in [0.3, 0.4) is 0 Å². The van der Waals surface area contributed by atoms with Crippen LogP contribution in [-0.2, 0) is 4.79 Å². The van der Waals surface area contributed by atoms with Crippen LogP contribution in [0.2, 0.25) is 0 Å². The van der Waals surface area contributed by atoms with E-state index >= 15 is 0 Å². The molecule has 1 fully saturated rings. The van der Waals surface area contributed by atoms with E-state index in [9.17, 15) is 9.90 Å². The van der Waals surface area contributed by atoms with E-state index in [0.29, 0.717) is 0 Å². The number of amides is 1. The molecule has 0 aromatic heterocycles. The van der Waals surface area contributed by atoms with Crippen LogP contribution >= 0.6 is 15.9 Å². The minimum Gasteiger partial charge on any atom is -0.392 e. The zero-order valence-corrected chi connectivity index (χ0v) is 13.0. The average Bonchev–Trinajstić information content (AvgIpc) is 2.64. The second-order valence-corrected chi connectivity index (χ2v) is 6.08. The highest BCUT2D eigenvalue weighted by molar-refractivity contribution is 9.10. The molecular formula is C15H21BrN2O2. The van der Waals surface area contributed by atoms with E-state index in [1.54, 1.807) is 0 Å². The third-order valence-electron chi connectivity index (χ3n) is 3.65. The number of aliphatic hydroxyl groups excluding tert-OH is 1. The lowest BCUT2D eigenvalue weighted by Gasteiger charge is -2.21. The Balaban J connectivity index is 1.81. The summed E-state index contributed by atoms with van der Waals surface area (Å²) < 4.78 is 0.864. The average molecular weight is 341 g/mol. The Morgan fingerprint density at radius 1 is 1.25 bits per heavy atom. The van der Waals surface area contributed by atoms with Crippen molar-refractivity contribution in [3.8, 4) is 0 Å². The van der Waals surface area contributed by atoms with Crippen molar-refractivity contribution in [3.05, 3.63) is 28.7 Å². The molecule has 110 valence electrons. The van der Waals surface area contributed by atoms with Gasteiger partial charge in [0, 0.05) is 10.5 Å². The van der Waals surface area contributed by atoms with E-state index in [0.717, 1.165) is 35.8 Å². The Hall–Kier alpha value is -0.910. The molecule has 0 heterocycles. The molecule has 5 heteroatoms. The van der Waals surface area contributed by atoms with Gasteiger partial charge in [0.15, 0.2) is 0 Å². The Morgan fingerprint density at radius 3 is 2.80 bits per heavy atom. The van der Waals surface area contributed by atoms with Crippen molar-refractivity contribution in [1.82, 2.24) is 5.32 Å². The molecule has 2 rings (SSSR count). The smallest absolute Gasteiger partial charge is 0.238 e. The van der Waals surface area contributed by atoms with Crippen LogP contribution in [0.4, 0.5) is 5.69 Å². The first-order chi connectivity index (χ1) is 9.66. The van der Waals surface area contributed by atoms with Gasteiger partial charge in [0.25, 0.3) is 0 Å². The summed E-state index contributed by atoms with van der Waals surface area (Å²) in [6, 6.07) is 7.55. The SMILES string of the molecule is O=C(CNC1CCCCCC1O)Nc1ccccc1Br. The number of aliphatic hydroxyl groups is 1. The zero-order chi connectivity index (χ0) is 14.4. The van der Waals surface area contributed by atoms with Crippen molar-refractivity contribution in [2.24, 2.45) is 0 Å². The van der Waals surface area contributed by atoms with Crippen LogP contribution in [0, 0.1) is 0 Å².